The van der Waals surface area contributed by atoms with Crippen molar-refractivity contribution >= 4 is 17.8 Å². The summed E-state index contributed by atoms with van der Waals surface area (Å²) in [6, 6.07) is 24.9. The summed E-state index contributed by atoms with van der Waals surface area (Å²) in [4.78, 5) is 46.7. The highest BCUT2D eigenvalue weighted by molar-refractivity contribution is 6.03. The first-order valence-electron chi connectivity index (χ1n) is 15.4. The first-order chi connectivity index (χ1) is 21.5. The van der Waals surface area contributed by atoms with Gasteiger partial charge in [-0.05, 0) is 61.3 Å². The molecule has 3 aromatic carbocycles. The molecular weight excluding hydrogens is 554 g/mol. The number of para-hydroxylation sites is 1. The molecule has 4 amide bonds. The molecule has 0 saturated carbocycles. The van der Waals surface area contributed by atoms with E-state index in [-0.39, 0.29) is 24.4 Å². The SMILES string of the molecule is CN1C(=O)N[C@H](c2cccc(Oc3ccccc3)c2)C2=C1CN([C@@H](Cc1ccccc1)C(=O)NCCN1CCCCC1)C2=O. The predicted molar refractivity (Wildman–Crippen MR) is 168 cm³/mol. The number of likely N-dealkylation sites (tertiary alicyclic amines) is 1. The maximum Gasteiger partial charge on any atom is 0.322 e. The Morgan fingerprint density at radius 1 is 0.932 bits per heavy atom. The number of likely N-dealkylation sites (N-methyl/N-ethyl adjacent to an activating group) is 1. The summed E-state index contributed by atoms with van der Waals surface area (Å²) in [6.07, 6.45) is 4.01. The van der Waals surface area contributed by atoms with Gasteiger partial charge in [0, 0.05) is 26.6 Å². The molecule has 1 fully saturated rings. The fourth-order valence-corrected chi connectivity index (χ4v) is 6.29. The molecular formula is C35H39N5O4. The molecule has 2 atom stereocenters. The number of nitrogens with zero attached hydrogens (tertiary/aromatic N) is 3. The van der Waals surface area contributed by atoms with Crippen LogP contribution in [-0.4, -0.2) is 78.4 Å². The average Bonchev–Trinajstić information content (AvgIpc) is 3.40. The third-order valence-corrected chi connectivity index (χ3v) is 8.69. The van der Waals surface area contributed by atoms with Gasteiger partial charge >= 0.3 is 6.03 Å². The Morgan fingerprint density at radius 3 is 2.39 bits per heavy atom. The van der Waals surface area contributed by atoms with Gasteiger partial charge < -0.3 is 25.2 Å². The number of amides is 4. The number of benzene rings is 3. The topological polar surface area (TPSA) is 94.2 Å². The maximum absolute atomic E-state index is 14.3. The molecule has 0 radical (unpaired) electrons. The fraction of sp³-hybridized carbons (Fsp3) is 0.343. The smallest absolute Gasteiger partial charge is 0.322 e. The van der Waals surface area contributed by atoms with E-state index in [2.05, 4.69) is 15.5 Å². The molecule has 6 rings (SSSR count). The van der Waals surface area contributed by atoms with Gasteiger partial charge in [0.2, 0.25) is 5.91 Å². The molecule has 0 bridgehead atoms. The highest BCUT2D eigenvalue weighted by Crippen LogP contribution is 2.38. The Labute approximate surface area is 258 Å². The second kappa shape index (κ2) is 13.3. The van der Waals surface area contributed by atoms with Crippen molar-refractivity contribution in [1.29, 1.82) is 0 Å². The summed E-state index contributed by atoms with van der Waals surface area (Å²) in [6.45, 7) is 3.59. The number of urea groups is 1. The molecule has 3 aromatic rings. The van der Waals surface area contributed by atoms with Gasteiger partial charge in [0.1, 0.15) is 17.5 Å². The number of carbonyl (C=O) groups excluding carboxylic acids is 3. The minimum absolute atomic E-state index is 0.172. The number of nitrogens with one attached hydrogen (secondary N) is 2. The lowest BCUT2D eigenvalue weighted by Gasteiger charge is -2.31. The standard InChI is InChI=1S/C35H39N5O4/c1-38-30-24-40(29(22-25-12-5-2-6-13-25)33(41)36-18-21-39-19-9-4-10-20-39)34(42)31(30)32(37-35(38)43)26-14-11-17-28(23-26)44-27-15-7-3-8-16-27/h2-3,5-8,11-17,23,29,32H,4,9-10,18-22,24H2,1H3,(H,36,41)(H,37,43)/t29-,32+/m0/s1. The van der Waals surface area contributed by atoms with Crippen LogP contribution in [0.25, 0.3) is 0 Å². The lowest BCUT2D eigenvalue weighted by atomic mass is 9.95. The lowest BCUT2D eigenvalue weighted by Crippen LogP contribution is -2.51. The Morgan fingerprint density at radius 2 is 1.64 bits per heavy atom. The van der Waals surface area contributed by atoms with Crippen molar-refractivity contribution in [3.8, 4) is 11.5 Å². The number of rotatable bonds is 10. The Kier molecular flexibility index (Phi) is 8.93. The molecule has 0 aromatic heterocycles. The maximum atomic E-state index is 14.3. The minimum Gasteiger partial charge on any atom is -0.457 e. The quantitative estimate of drug-likeness (QED) is 0.362. The Bertz CT molecular complexity index is 1520. The van der Waals surface area contributed by atoms with Crippen LogP contribution in [0.4, 0.5) is 4.79 Å². The molecule has 3 aliphatic rings. The molecule has 44 heavy (non-hydrogen) atoms. The van der Waals surface area contributed by atoms with Gasteiger partial charge in [-0.3, -0.25) is 14.5 Å². The summed E-state index contributed by atoms with van der Waals surface area (Å²) in [5.74, 6) is 0.852. The zero-order valence-corrected chi connectivity index (χ0v) is 25.1. The molecule has 228 valence electrons. The van der Waals surface area contributed by atoms with E-state index in [4.69, 9.17) is 4.74 Å². The van der Waals surface area contributed by atoms with E-state index in [1.165, 1.54) is 24.2 Å². The summed E-state index contributed by atoms with van der Waals surface area (Å²) >= 11 is 0. The molecule has 0 unspecified atom stereocenters. The van der Waals surface area contributed by atoms with Gasteiger partial charge in [-0.25, -0.2) is 4.79 Å². The van der Waals surface area contributed by atoms with Gasteiger partial charge in [0.15, 0.2) is 0 Å². The monoisotopic (exact) mass is 593 g/mol. The minimum atomic E-state index is -0.728. The molecule has 9 nitrogen and oxygen atoms in total. The van der Waals surface area contributed by atoms with Crippen LogP contribution in [0.3, 0.4) is 0 Å². The zero-order chi connectivity index (χ0) is 30.5. The van der Waals surface area contributed by atoms with E-state index in [0.29, 0.717) is 35.7 Å². The second-order valence-electron chi connectivity index (χ2n) is 11.6. The van der Waals surface area contributed by atoms with E-state index in [9.17, 15) is 14.4 Å². The summed E-state index contributed by atoms with van der Waals surface area (Å²) in [5.41, 5.74) is 2.78. The highest BCUT2D eigenvalue weighted by Gasteiger charge is 2.46. The molecule has 0 aliphatic carbocycles. The van der Waals surface area contributed by atoms with Crippen molar-refractivity contribution in [2.45, 2.75) is 37.8 Å². The van der Waals surface area contributed by atoms with Crippen LogP contribution >= 0.6 is 0 Å². The van der Waals surface area contributed by atoms with E-state index in [0.717, 1.165) is 30.8 Å². The fourth-order valence-electron chi connectivity index (χ4n) is 6.29. The number of hydrogen-bond donors (Lipinski definition) is 2. The number of carbonyl (C=O) groups is 3. The molecule has 9 heteroatoms. The normalized spacial score (nSPS) is 19.4. The summed E-state index contributed by atoms with van der Waals surface area (Å²) in [7, 11) is 1.66. The lowest BCUT2D eigenvalue weighted by molar-refractivity contribution is -0.136. The Balaban J connectivity index is 1.25. The third-order valence-electron chi connectivity index (χ3n) is 8.69. The molecule has 3 heterocycles. The number of hydrogen-bond acceptors (Lipinski definition) is 5. The van der Waals surface area contributed by atoms with Crippen LogP contribution in [0, 0.1) is 0 Å². The van der Waals surface area contributed by atoms with Crippen molar-refractivity contribution in [1.82, 2.24) is 25.3 Å². The second-order valence-corrected chi connectivity index (χ2v) is 11.6. The number of ether oxygens (including phenoxy) is 1. The van der Waals surface area contributed by atoms with Gasteiger partial charge in [0.25, 0.3) is 5.91 Å². The highest BCUT2D eigenvalue weighted by atomic mass is 16.5. The van der Waals surface area contributed by atoms with Crippen molar-refractivity contribution in [3.05, 3.63) is 107 Å². The van der Waals surface area contributed by atoms with Gasteiger partial charge in [0.05, 0.1) is 23.9 Å². The predicted octanol–water partition coefficient (Wildman–Crippen LogP) is 4.48. The molecule has 2 N–H and O–H groups in total. The van der Waals surface area contributed by atoms with E-state index in [1.807, 2.05) is 84.9 Å². The van der Waals surface area contributed by atoms with Crippen LogP contribution in [0.1, 0.15) is 36.4 Å². The van der Waals surface area contributed by atoms with Crippen molar-refractivity contribution < 1.29 is 19.1 Å². The average molecular weight is 594 g/mol. The molecule has 3 aliphatic heterocycles. The van der Waals surface area contributed by atoms with E-state index < -0.39 is 12.1 Å². The van der Waals surface area contributed by atoms with Gasteiger partial charge in [-0.1, -0.05) is 67.1 Å². The molecule has 0 spiro atoms. The summed E-state index contributed by atoms with van der Waals surface area (Å²) < 4.78 is 6.04. The number of piperidine rings is 1. The first-order valence-corrected chi connectivity index (χ1v) is 15.4. The molecule has 1 saturated heterocycles. The van der Waals surface area contributed by atoms with Crippen LogP contribution < -0.4 is 15.4 Å². The van der Waals surface area contributed by atoms with Gasteiger partial charge in [-0.15, -0.1) is 0 Å². The van der Waals surface area contributed by atoms with E-state index in [1.54, 1.807) is 11.9 Å². The van der Waals surface area contributed by atoms with Crippen molar-refractivity contribution in [3.63, 3.8) is 0 Å². The van der Waals surface area contributed by atoms with Crippen molar-refractivity contribution in [2.24, 2.45) is 0 Å². The Hall–Kier alpha value is -4.63. The van der Waals surface area contributed by atoms with Crippen LogP contribution in [0.5, 0.6) is 11.5 Å². The zero-order valence-electron chi connectivity index (χ0n) is 25.1. The van der Waals surface area contributed by atoms with E-state index >= 15 is 0 Å². The van der Waals surface area contributed by atoms with Crippen LogP contribution in [0.15, 0.2) is 96.2 Å². The summed E-state index contributed by atoms with van der Waals surface area (Å²) in [5, 5.41) is 6.12. The largest absolute Gasteiger partial charge is 0.457 e. The third kappa shape index (κ3) is 6.48. The van der Waals surface area contributed by atoms with Crippen LogP contribution in [-0.2, 0) is 16.0 Å². The first kappa shape index (κ1) is 29.4. The van der Waals surface area contributed by atoms with Crippen LogP contribution in [0.2, 0.25) is 0 Å². The van der Waals surface area contributed by atoms with Crippen molar-refractivity contribution in [2.75, 3.05) is 39.8 Å². The van der Waals surface area contributed by atoms with Gasteiger partial charge in [-0.2, -0.15) is 0 Å².